The molecule has 0 N–H and O–H groups in total. The van der Waals surface area contributed by atoms with Crippen molar-refractivity contribution < 1.29 is 17.3 Å². The highest BCUT2D eigenvalue weighted by molar-refractivity contribution is 5.98. The highest BCUT2D eigenvalue weighted by atomic mass is 27.1. The molecule has 74 valence electrons. The van der Waals surface area contributed by atoms with Gasteiger partial charge in [-0.25, -0.2) is 0 Å². The number of epoxide rings is 1. The van der Waals surface area contributed by atoms with Gasteiger partial charge < -0.3 is 8.53 Å². The molecule has 0 bridgehead atoms. The lowest BCUT2D eigenvalue weighted by atomic mass is 9.99. The Kier molecular flexibility index (Phi) is 2.36. The fourth-order valence-electron chi connectivity index (χ4n) is 1.45. The second kappa shape index (κ2) is 3.28. The first kappa shape index (κ1) is 10.1. The van der Waals surface area contributed by atoms with Crippen LogP contribution in [0.3, 0.4) is 0 Å². The fraction of sp³-hybridized carbons (Fsp3) is 0.333. The number of hydrogen-bond acceptors (Lipinski definition) is 2. The fourth-order valence-corrected chi connectivity index (χ4v) is 1.78. The first-order valence-corrected chi connectivity index (χ1v) is 5.06. The van der Waals surface area contributed by atoms with E-state index in [1.807, 2.05) is 0 Å². The van der Waals surface area contributed by atoms with Crippen LogP contribution in [0, 0.1) is 0 Å². The van der Waals surface area contributed by atoms with Gasteiger partial charge in [0.05, 0.1) is 6.61 Å². The van der Waals surface area contributed by atoms with Crippen molar-refractivity contribution in [3.05, 3.63) is 35.9 Å². The summed E-state index contributed by atoms with van der Waals surface area (Å²) in [5, 5.41) is 0. The number of rotatable bonds is 3. The van der Waals surface area contributed by atoms with E-state index in [0.29, 0.717) is 5.56 Å². The van der Waals surface area contributed by atoms with Gasteiger partial charge in [-0.2, -0.15) is 8.78 Å². The molecule has 0 saturated carbocycles. The molecule has 1 aliphatic rings. The lowest BCUT2D eigenvalue weighted by molar-refractivity contribution is -0.225. The van der Waals surface area contributed by atoms with Crippen LogP contribution in [-0.4, -0.2) is 29.3 Å². The van der Waals surface area contributed by atoms with E-state index in [9.17, 15) is 8.78 Å². The molecule has 5 heteroatoms. The summed E-state index contributed by atoms with van der Waals surface area (Å²) in [6.07, 6.45) is -3.21. The maximum atomic E-state index is 13.4. The van der Waals surface area contributed by atoms with Crippen LogP contribution in [-0.2, 0) is 14.1 Å². The van der Waals surface area contributed by atoms with Crippen molar-refractivity contribution in [2.45, 2.75) is 11.7 Å². The summed E-state index contributed by atoms with van der Waals surface area (Å²) in [5.74, 6) is 0. The van der Waals surface area contributed by atoms with E-state index < -0.39 is 11.7 Å². The summed E-state index contributed by atoms with van der Waals surface area (Å²) in [6, 6.07) is 8.45. The molecule has 0 spiro atoms. The number of halogens is 2. The Morgan fingerprint density at radius 2 is 1.93 bits per heavy atom. The minimum Gasteiger partial charge on any atom is -0.452 e. The van der Waals surface area contributed by atoms with Crippen molar-refractivity contribution >= 4 is 16.6 Å². The molecule has 1 aromatic rings. The minimum atomic E-state index is -3.21. The summed E-state index contributed by atoms with van der Waals surface area (Å²) >= 11 is -0.0107. The van der Waals surface area contributed by atoms with Gasteiger partial charge in [-0.15, -0.1) is 0 Å². The molecule has 0 radical (unpaired) electrons. The molecule has 1 saturated heterocycles. The molecule has 1 fully saturated rings. The van der Waals surface area contributed by atoms with Crippen molar-refractivity contribution in [1.29, 1.82) is 0 Å². The zero-order chi connectivity index (χ0) is 10.2. The molecule has 2 nitrogen and oxygen atoms in total. The van der Waals surface area contributed by atoms with E-state index in [2.05, 4.69) is 3.79 Å². The van der Waals surface area contributed by atoms with Gasteiger partial charge in [0.25, 0.3) is 0 Å². The molecular formula is C9H9AlF2O2. The predicted molar refractivity (Wildman–Crippen MR) is 48.6 cm³/mol. The quantitative estimate of drug-likeness (QED) is 0.554. The van der Waals surface area contributed by atoms with Crippen LogP contribution in [0.25, 0.3) is 0 Å². The van der Waals surface area contributed by atoms with Crippen LogP contribution >= 0.6 is 0 Å². The molecule has 1 atom stereocenters. The van der Waals surface area contributed by atoms with Gasteiger partial charge in [-0.1, -0.05) is 30.3 Å². The average Bonchev–Trinajstić information content (AvgIpc) is 3.00. The maximum absolute atomic E-state index is 13.4. The Morgan fingerprint density at radius 3 is 2.36 bits per heavy atom. The minimum absolute atomic E-state index is 0.0107. The van der Waals surface area contributed by atoms with Gasteiger partial charge in [0.2, 0.25) is 5.60 Å². The van der Waals surface area contributed by atoms with Crippen molar-refractivity contribution in [2.24, 2.45) is 0 Å². The van der Waals surface area contributed by atoms with Crippen molar-refractivity contribution in [2.75, 3.05) is 6.61 Å². The Labute approximate surface area is 88.6 Å². The molecule has 1 unspecified atom stereocenters. The highest BCUT2D eigenvalue weighted by Gasteiger charge is 2.65. The third-order valence-electron chi connectivity index (χ3n) is 2.40. The summed E-state index contributed by atoms with van der Waals surface area (Å²) in [7, 11) is 0. The normalized spacial score (nSPS) is 26.1. The molecular weight excluding hydrogens is 205 g/mol. The SMILES string of the molecule is FC(F)([O][AlH2])C1(c2ccccc2)CO1. The summed E-state index contributed by atoms with van der Waals surface area (Å²) in [6.45, 7) is 0.0201. The second-order valence-corrected chi connectivity index (χ2v) is 3.61. The summed E-state index contributed by atoms with van der Waals surface area (Å²) in [4.78, 5) is 0. The molecule has 0 aliphatic carbocycles. The van der Waals surface area contributed by atoms with Crippen molar-refractivity contribution in [1.82, 2.24) is 0 Å². The van der Waals surface area contributed by atoms with Gasteiger partial charge in [0, 0.05) is 0 Å². The third-order valence-corrected chi connectivity index (χ3v) is 2.91. The van der Waals surface area contributed by atoms with E-state index in [1.54, 1.807) is 30.3 Å². The van der Waals surface area contributed by atoms with E-state index >= 15 is 0 Å². The van der Waals surface area contributed by atoms with E-state index in [0.717, 1.165) is 0 Å². The van der Waals surface area contributed by atoms with Crippen LogP contribution in [0.4, 0.5) is 8.78 Å². The van der Waals surface area contributed by atoms with Gasteiger partial charge in [0.15, 0.2) is 0 Å². The summed E-state index contributed by atoms with van der Waals surface area (Å²) < 4.78 is 35.9. The predicted octanol–water partition coefficient (Wildman–Crippen LogP) is 1.07. The van der Waals surface area contributed by atoms with Crippen molar-refractivity contribution in [3.63, 3.8) is 0 Å². The summed E-state index contributed by atoms with van der Waals surface area (Å²) in [5.41, 5.74) is -1.06. The van der Waals surface area contributed by atoms with E-state index in [4.69, 9.17) is 4.74 Å². The molecule has 1 heterocycles. The lowest BCUT2D eigenvalue weighted by Crippen LogP contribution is -2.37. The molecule has 1 aliphatic heterocycles. The van der Waals surface area contributed by atoms with E-state index in [-0.39, 0.29) is 23.2 Å². The smallest absolute Gasteiger partial charge is 0.418 e. The molecule has 0 amide bonds. The largest absolute Gasteiger partial charge is 0.452 e. The Bertz CT molecular complexity index is 325. The third kappa shape index (κ3) is 1.37. The van der Waals surface area contributed by atoms with Gasteiger partial charge in [-0.3, -0.25) is 0 Å². The van der Waals surface area contributed by atoms with Crippen molar-refractivity contribution in [3.8, 4) is 0 Å². The van der Waals surface area contributed by atoms with Gasteiger partial charge in [-0.05, 0) is 5.56 Å². The van der Waals surface area contributed by atoms with E-state index in [1.165, 1.54) is 0 Å². The highest BCUT2D eigenvalue weighted by Crippen LogP contribution is 2.50. The molecule has 1 aromatic carbocycles. The number of benzene rings is 1. The zero-order valence-electron chi connectivity index (χ0n) is 7.67. The number of alkyl halides is 2. The standard InChI is InChI=1S/C9H7F2O2.Al.2H/c10-9(11,12)8(6-13-8)7-4-2-1-3-5-7;;;/h1-5H,6H2;;;/q-1;+1;;. The Morgan fingerprint density at radius 1 is 1.36 bits per heavy atom. The molecule has 0 aromatic heterocycles. The first-order valence-electron chi connectivity index (χ1n) is 4.25. The lowest BCUT2D eigenvalue weighted by Gasteiger charge is -2.23. The topological polar surface area (TPSA) is 21.8 Å². The molecule has 14 heavy (non-hydrogen) atoms. The molecule has 2 rings (SSSR count). The Hall–Kier alpha value is -0.468. The zero-order valence-corrected chi connectivity index (χ0v) is 9.67. The first-order chi connectivity index (χ1) is 6.62. The van der Waals surface area contributed by atoms with Gasteiger partial charge >= 0.3 is 22.7 Å². The van der Waals surface area contributed by atoms with Crippen LogP contribution in [0.15, 0.2) is 30.3 Å². The monoisotopic (exact) mass is 214 g/mol. The average molecular weight is 214 g/mol. The van der Waals surface area contributed by atoms with Crippen LogP contribution in [0.2, 0.25) is 0 Å². The van der Waals surface area contributed by atoms with Crippen LogP contribution in [0.5, 0.6) is 0 Å². The number of ether oxygens (including phenoxy) is 1. The second-order valence-electron chi connectivity index (χ2n) is 3.20. The number of hydrogen-bond donors (Lipinski definition) is 0. The van der Waals surface area contributed by atoms with Crippen LogP contribution < -0.4 is 0 Å². The van der Waals surface area contributed by atoms with Crippen LogP contribution in [0.1, 0.15) is 5.56 Å². The Balaban J connectivity index is 2.35. The van der Waals surface area contributed by atoms with Gasteiger partial charge in [0.1, 0.15) is 0 Å². The maximum Gasteiger partial charge on any atom is 0.418 e.